The second-order valence-electron chi connectivity index (χ2n) is 7.08. The van der Waals surface area contributed by atoms with Crippen LogP contribution in [0, 0.1) is 19.8 Å². The van der Waals surface area contributed by atoms with E-state index in [1.807, 2.05) is 18.7 Å². The van der Waals surface area contributed by atoms with Gasteiger partial charge in [-0.3, -0.25) is 14.6 Å². The van der Waals surface area contributed by atoms with Gasteiger partial charge in [-0.05, 0) is 19.8 Å². The van der Waals surface area contributed by atoms with Crippen LogP contribution in [0.3, 0.4) is 0 Å². The Hall–Kier alpha value is -1.40. The van der Waals surface area contributed by atoms with Gasteiger partial charge in [0.2, 0.25) is 5.91 Å². The first-order chi connectivity index (χ1) is 11.0. The number of rotatable bonds is 3. The van der Waals surface area contributed by atoms with Crippen LogP contribution in [0.4, 0.5) is 0 Å². The van der Waals surface area contributed by atoms with Gasteiger partial charge in [0.1, 0.15) is 5.76 Å². The van der Waals surface area contributed by atoms with Crippen molar-refractivity contribution in [1.82, 2.24) is 19.9 Å². The fourth-order valence-corrected chi connectivity index (χ4v) is 3.97. The summed E-state index contributed by atoms with van der Waals surface area (Å²) < 4.78 is 5.29. The summed E-state index contributed by atoms with van der Waals surface area (Å²) in [5.41, 5.74) is 2.24. The van der Waals surface area contributed by atoms with Crippen molar-refractivity contribution in [1.29, 1.82) is 0 Å². The molecule has 6 heteroatoms. The molecule has 2 fully saturated rings. The van der Waals surface area contributed by atoms with Crippen molar-refractivity contribution in [3.8, 4) is 0 Å². The van der Waals surface area contributed by atoms with Crippen LogP contribution in [0.15, 0.2) is 4.52 Å². The first-order valence-electron chi connectivity index (χ1n) is 8.59. The molecule has 2 aliphatic rings. The minimum atomic E-state index is 0.198. The number of carbonyl (C=O) groups excluding carboxylic acids is 1. The van der Waals surface area contributed by atoms with Gasteiger partial charge in [0.05, 0.1) is 5.69 Å². The molecule has 6 nitrogen and oxygen atoms in total. The lowest BCUT2D eigenvalue weighted by Crippen LogP contribution is -2.53. The van der Waals surface area contributed by atoms with Gasteiger partial charge in [-0.2, -0.15) is 0 Å². The Labute approximate surface area is 138 Å². The lowest BCUT2D eigenvalue weighted by Gasteiger charge is -2.39. The van der Waals surface area contributed by atoms with E-state index in [1.165, 1.54) is 5.56 Å². The molecule has 0 aliphatic carbocycles. The van der Waals surface area contributed by atoms with Crippen molar-refractivity contribution >= 4 is 5.91 Å². The van der Waals surface area contributed by atoms with Gasteiger partial charge < -0.3 is 9.42 Å². The highest BCUT2D eigenvalue weighted by molar-refractivity contribution is 5.73. The molecular formula is C17H28N4O2. The molecule has 1 amide bonds. The van der Waals surface area contributed by atoms with E-state index in [9.17, 15) is 4.79 Å². The second-order valence-corrected chi connectivity index (χ2v) is 7.08. The summed E-state index contributed by atoms with van der Waals surface area (Å²) in [6.45, 7) is 14.9. The van der Waals surface area contributed by atoms with Gasteiger partial charge in [0.25, 0.3) is 0 Å². The van der Waals surface area contributed by atoms with Crippen molar-refractivity contribution in [2.24, 2.45) is 5.92 Å². The third kappa shape index (κ3) is 3.43. The highest BCUT2D eigenvalue weighted by Gasteiger charge is 2.35. The average Bonchev–Trinajstić information content (AvgIpc) is 3.04. The summed E-state index contributed by atoms with van der Waals surface area (Å²) >= 11 is 0. The van der Waals surface area contributed by atoms with E-state index in [4.69, 9.17) is 4.52 Å². The third-order valence-electron chi connectivity index (χ3n) is 5.44. The first-order valence-corrected chi connectivity index (χ1v) is 8.59. The molecule has 3 rings (SSSR count). The topological polar surface area (TPSA) is 52.8 Å². The van der Waals surface area contributed by atoms with Crippen LogP contribution >= 0.6 is 0 Å². The maximum Gasteiger partial charge on any atom is 0.219 e. The lowest BCUT2D eigenvalue weighted by molar-refractivity contribution is -0.130. The average molecular weight is 320 g/mol. The monoisotopic (exact) mass is 320 g/mol. The molecule has 2 saturated heterocycles. The van der Waals surface area contributed by atoms with Crippen LogP contribution in [-0.2, 0) is 11.3 Å². The van der Waals surface area contributed by atoms with E-state index in [0.717, 1.165) is 57.3 Å². The van der Waals surface area contributed by atoms with Crippen LogP contribution in [-0.4, -0.2) is 71.1 Å². The van der Waals surface area contributed by atoms with Crippen molar-refractivity contribution in [2.45, 2.75) is 40.3 Å². The molecule has 2 atom stereocenters. The lowest BCUT2D eigenvalue weighted by atomic mass is 10.0. The number of aryl methyl sites for hydroxylation is 2. The van der Waals surface area contributed by atoms with E-state index < -0.39 is 0 Å². The second kappa shape index (κ2) is 6.61. The normalized spacial score (nSPS) is 26.9. The molecule has 0 N–H and O–H groups in total. The summed E-state index contributed by atoms with van der Waals surface area (Å²) in [4.78, 5) is 18.5. The predicted molar refractivity (Wildman–Crippen MR) is 88.0 cm³/mol. The van der Waals surface area contributed by atoms with Crippen LogP contribution < -0.4 is 0 Å². The fourth-order valence-electron chi connectivity index (χ4n) is 3.97. The van der Waals surface area contributed by atoms with E-state index in [-0.39, 0.29) is 5.91 Å². The molecule has 1 aromatic rings. The smallest absolute Gasteiger partial charge is 0.219 e. The Morgan fingerprint density at radius 3 is 2.48 bits per heavy atom. The number of likely N-dealkylation sites (tertiary alicyclic amines) is 1. The molecule has 23 heavy (non-hydrogen) atoms. The maximum atomic E-state index is 11.5. The summed E-state index contributed by atoms with van der Waals surface area (Å²) in [5, 5.41) is 4.06. The Kier molecular flexibility index (Phi) is 4.73. The Morgan fingerprint density at radius 2 is 1.91 bits per heavy atom. The van der Waals surface area contributed by atoms with Gasteiger partial charge in [0, 0.05) is 64.3 Å². The molecule has 0 unspecified atom stereocenters. The highest BCUT2D eigenvalue weighted by atomic mass is 16.5. The molecule has 3 heterocycles. The summed E-state index contributed by atoms with van der Waals surface area (Å²) in [6, 6.07) is 0.588. The van der Waals surface area contributed by atoms with Crippen LogP contribution in [0.25, 0.3) is 0 Å². The Morgan fingerprint density at radius 1 is 1.22 bits per heavy atom. The van der Waals surface area contributed by atoms with Gasteiger partial charge in [-0.1, -0.05) is 12.1 Å². The minimum absolute atomic E-state index is 0.198. The van der Waals surface area contributed by atoms with Crippen molar-refractivity contribution in [2.75, 3.05) is 39.3 Å². The first kappa shape index (κ1) is 16.5. The van der Waals surface area contributed by atoms with E-state index in [1.54, 1.807) is 6.92 Å². The standard InChI is InChI=1S/C17H28N4O2/c1-12-9-19(10-16-13(2)18-23-14(16)3)11-17(12)21-7-5-20(6-8-21)15(4)22/h12,17H,5-11H2,1-4H3/t12-,17-/m1/s1. The fraction of sp³-hybridized carbons (Fsp3) is 0.765. The third-order valence-corrected chi connectivity index (χ3v) is 5.44. The number of carbonyl (C=O) groups is 1. The number of amides is 1. The SMILES string of the molecule is CC(=O)N1CCN([C@@H]2CN(Cc3c(C)noc3C)C[C@H]2C)CC1. The van der Waals surface area contributed by atoms with E-state index in [2.05, 4.69) is 21.9 Å². The Bertz CT molecular complexity index is 543. The van der Waals surface area contributed by atoms with Gasteiger partial charge in [-0.25, -0.2) is 0 Å². The largest absolute Gasteiger partial charge is 0.361 e. The van der Waals surface area contributed by atoms with Gasteiger partial charge >= 0.3 is 0 Å². The summed E-state index contributed by atoms with van der Waals surface area (Å²) in [5.74, 6) is 1.79. The van der Waals surface area contributed by atoms with Crippen molar-refractivity contribution in [3.05, 3.63) is 17.0 Å². The van der Waals surface area contributed by atoms with Crippen LogP contribution in [0.2, 0.25) is 0 Å². The van der Waals surface area contributed by atoms with Crippen LogP contribution in [0.5, 0.6) is 0 Å². The number of aromatic nitrogens is 1. The molecule has 0 aromatic carbocycles. The van der Waals surface area contributed by atoms with E-state index >= 15 is 0 Å². The molecule has 0 spiro atoms. The highest BCUT2D eigenvalue weighted by Crippen LogP contribution is 2.26. The van der Waals surface area contributed by atoms with Gasteiger partial charge in [-0.15, -0.1) is 0 Å². The molecule has 0 bridgehead atoms. The molecule has 2 aliphatic heterocycles. The molecule has 128 valence electrons. The maximum absolute atomic E-state index is 11.5. The minimum Gasteiger partial charge on any atom is -0.361 e. The zero-order chi connectivity index (χ0) is 16.6. The van der Waals surface area contributed by atoms with Crippen molar-refractivity contribution < 1.29 is 9.32 Å². The van der Waals surface area contributed by atoms with E-state index in [0.29, 0.717) is 12.0 Å². The predicted octanol–water partition coefficient (Wildman–Crippen LogP) is 1.28. The number of hydrogen-bond acceptors (Lipinski definition) is 5. The van der Waals surface area contributed by atoms with Crippen molar-refractivity contribution in [3.63, 3.8) is 0 Å². The number of nitrogens with zero attached hydrogens (tertiary/aromatic N) is 4. The molecule has 0 radical (unpaired) electrons. The quantitative estimate of drug-likeness (QED) is 0.840. The molecular weight excluding hydrogens is 292 g/mol. The number of hydrogen-bond donors (Lipinski definition) is 0. The summed E-state index contributed by atoms with van der Waals surface area (Å²) in [7, 11) is 0. The van der Waals surface area contributed by atoms with Crippen LogP contribution in [0.1, 0.15) is 30.9 Å². The molecule has 0 saturated carbocycles. The number of piperazine rings is 1. The Balaban J connectivity index is 1.58. The zero-order valence-electron chi connectivity index (χ0n) is 14.7. The molecule has 1 aromatic heterocycles. The van der Waals surface area contributed by atoms with Gasteiger partial charge in [0.15, 0.2) is 0 Å². The summed E-state index contributed by atoms with van der Waals surface area (Å²) in [6.07, 6.45) is 0. The zero-order valence-corrected chi connectivity index (χ0v) is 14.7.